The number of fused-ring (bicyclic) bond motifs is 2. The van der Waals surface area contributed by atoms with Crippen molar-refractivity contribution in [2.24, 2.45) is 5.92 Å². The highest BCUT2D eigenvalue weighted by Gasteiger charge is 2.39. The van der Waals surface area contributed by atoms with Crippen molar-refractivity contribution in [1.82, 2.24) is 0 Å². The third-order valence-electron chi connectivity index (χ3n) is 4.53. The number of rotatable bonds is 0. The summed E-state index contributed by atoms with van der Waals surface area (Å²) in [5, 5.41) is 0. The fourth-order valence-electron chi connectivity index (χ4n) is 3.23. The highest BCUT2D eigenvalue weighted by atomic mass is 16.6. The van der Waals surface area contributed by atoms with Crippen LogP contribution in [-0.2, 0) is 23.8 Å². The number of ether oxygens (including phenoxy) is 3. The maximum atomic E-state index is 11.9. The van der Waals surface area contributed by atoms with E-state index in [2.05, 4.69) is 0 Å². The monoisotopic (exact) mass is 282 g/mol. The topological polar surface area (TPSA) is 65.1 Å². The lowest BCUT2D eigenvalue weighted by Gasteiger charge is -2.30. The highest BCUT2D eigenvalue weighted by molar-refractivity contribution is 5.70. The molecule has 1 aliphatic carbocycles. The lowest BCUT2D eigenvalue weighted by molar-refractivity contribution is -0.158. The molecular weight excluding hydrogens is 260 g/mol. The summed E-state index contributed by atoms with van der Waals surface area (Å²) in [4.78, 5) is 23.6. The van der Waals surface area contributed by atoms with Crippen LogP contribution in [0.4, 0.5) is 0 Å². The van der Waals surface area contributed by atoms with Crippen molar-refractivity contribution in [3.8, 4) is 0 Å². The van der Waals surface area contributed by atoms with Gasteiger partial charge in [0, 0.05) is 18.8 Å². The van der Waals surface area contributed by atoms with E-state index in [1.807, 2.05) is 0 Å². The van der Waals surface area contributed by atoms with Crippen LogP contribution in [0.3, 0.4) is 0 Å². The smallest absolute Gasteiger partial charge is 0.306 e. The SMILES string of the molecule is O=C1CC[C@@H]2O[C@H]2CCC(=O)O[C@@H]2CCCC[C@H]2CO1. The van der Waals surface area contributed by atoms with Crippen LogP contribution < -0.4 is 0 Å². The highest BCUT2D eigenvalue weighted by Crippen LogP contribution is 2.32. The van der Waals surface area contributed by atoms with Gasteiger partial charge in [-0.25, -0.2) is 0 Å². The molecule has 0 radical (unpaired) electrons. The summed E-state index contributed by atoms with van der Waals surface area (Å²) in [6.45, 7) is 0.381. The molecule has 112 valence electrons. The van der Waals surface area contributed by atoms with Crippen LogP contribution in [0, 0.1) is 5.92 Å². The van der Waals surface area contributed by atoms with Crippen molar-refractivity contribution >= 4 is 11.9 Å². The predicted octanol–water partition coefficient (Wildman–Crippen LogP) is 1.97. The Morgan fingerprint density at radius 1 is 0.800 bits per heavy atom. The van der Waals surface area contributed by atoms with Crippen molar-refractivity contribution in [3.05, 3.63) is 0 Å². The van der Waals surface area contributed by atoms with Crippen molar-refractivity contribution in [2.45, 2.75) is 69.7 Å². The van der Waals surface area contributed by atoms with Crippen LogP contribution in [-0.4, -0.2) is 36.9 Å². The van der Waals surface area contributed by atoms with E-state index in [1.165, 1.54) is 0 Å². The second kappa shape index (κ2) is 6.12. The number of carbonyl (C=O) groups excluding carboxylic acids is 2. The molecule has 2 aliphatic heterocycles. The molecule has 2 heterocycles. The van der Waals surface area contributed by atoms with Crippen molar-refractivity contribution in [1.29, 1.82) is 0 Å². The minimum atomic E-state index is -0.158. The zero-order valence-electron chi connectivity index (χ0n) is 11.7. The summed E-state index contributed by atoms with van der Waals surface area (Å²) in [7, 11) is 0. The molecule has 0 unspecified atom stereocenters. The lowest BCUT2D eigenvalue weighted by Crippen LogP contribution is -2.33. The zero-order valence-corrected chi connectivity index (χ0v) is 11.7. The fourth-order valence-corrected chi connectivity index (χ4v) is 3.23. The maximum Gasteiger partial charge on any atom is 0.306 e. The largest absolute Gasteiger partial charge is 0.465 e. The van der Waals surface area contributed by atoms with Gasteiger partial charge in [-0.15, -0.1) is 0 Å². The Balaban J connectivity index is 1.62. The van der Waals surface area contributed by atoms with Gasteiger partial charge in [0.05, 0.1) is 18.8 Å². The third kappa shape index (κ3) is 3.51. The summed E-state index contributed by atoms with van der Waals surface area (Å²) in [6, 6.07) is 0. The first kappa shape index (κ1) is 13.9. The van der Waals surface area contributed by atoms with Crippen LogP contribution in [0.2, 0.25) is 0 Å². The average Bonchev–Trinajstić information content (AvgIpc) is 3.20. The summed E-state index contributed by atoms with van der Waals surface area (Å²) in [5.41, 5.74) is 0. The van der Waals surface area contributed by atoms with Crippen LogP contribution in [0.25, 0.3) is 0 Å². The minimum absolute atomic E-state index is 0.0827. The van der Waals surface area contributed by atoms with Gasteiger partial charge in [-0.1, -0.05) is 6.42 Å². The van der Waals surface area contributed by atoms with Gasteiger partial charge in [0.15, 0.2) is 0 Å². The molecule has 2 saturated heterocycles. The molecule has 3 rings (SSSR count). The quantitative estimate of drug-likeness (QED) is 0.502. The zero-order chi connectivity index (χ0) is 13.9. The van der Waals surface area contributed by atoms with E-state index in [1.54, 1.807) is 0 Å². The second-order valence-electron chi connectivity index (χ2n) is 6.05. The van der Waals surface area contributed by atoms with Gasteiger partial charge < -0.3 is 14.2 Å². The first-order valence-corrected chi connectivity index (χ1v) is 7.73. The summed E-state index contributed by atoms with van der Waals surface area (Å²) >= 11 is 0. The van der Waals surface area contributed by atoms with E-state index in [0.29, 0.717) is 32.3 Å². The van der Waals surface area contributed by atoms with Crippen LogP contribution in [0.1, 0.15) is 51.4 Å². The first-order valence-electron chi connectivity index (χ1n) is 7.73. The summed E-state index contributed by atoms with van der Waals surface area (Å²) in [5.74, 6) is -0.126. The number of carbonyl (C=O) groups is 2. The molecule has 0 aromatic carbocycles. The fraction of sp³-hybridized carbons (Fsp3) is 0.867. The molecule has 20 heavy (non-hydrogen) atoms. The molecular formula is C15H22O5. The number of hydrogen-bond acceptors (Lipinski definition) is 5. The van der Waals surface area contributed by atoms with Crippen molar-refractivity contribution in [3.63, 3.8) is 0 Å². The van der Waals surface area contributed by atoms with Gasteiger partial charge in [0.1, 0.15) is 6.10 Å². The summed E-state index contributed by atoms with van der Waals surface area (Å²) < 4.78 is 16.4. The van der Waals surface area contributed by atoms with Gasteiger partial charge in [-0.3, -0.25) is 9.59 Å². The van der Waals surface area contributed by atoms with Crippen molar-refractivity contribution in [2.75, 3.05) is 6.61 Å². The Hall–Kier alpha value is -1.10. The molecule has 3 aliphatic rings. The van der Waals surface area contributed by atoms with E-state index in [9.17, 15) is 9.59 Å². The van der Waals surface area contributed by atoms with E-state index in [4.69, 9.17) is 14.2 Å². The average molecular weight is 282 g/mol. The van der Waals surface area contributed by atoms with E-state index in [-0.39, 0.29) is 36.2 Å². The molecule has 0 aromatic heterocycles. The van der Waals surface area contributed by atoms with Crippen molar-refractivity contribution < 1.29 is 23.8 Å². The second-order valence-corrected chi connectivity index (χ2v) is 6.05. The first-order chi connectivity index (χ1) is 9.72. The van der Waals surface area contributed by atoms with Crippen LogP contribution in [0.5, 0.6) is 0 Å². The number of hydrogen-bond donors (Lipinski definition) is 0. The molecule has 0 bridgehead atoms. The van der Waals surface area contributed by atoms with E-state index in [0.717, 1.165) is 25.7 Å². The predicted molar refractivity (Wildman–Crippen MR) is 69.9 cm³/mol. The number of esters is 2. The molecule has 0 N–H and O–H groups in total. The van der Waals surface area contributed by atoms with E-state index >= 15 is 0 Å². The summed E-state index contributed by atoms with van der Waals surface area (Å²) in [6.07, 6.45) is 6.45. The normalized spacial score (nSPS) is 39.0. The molecule has 5 nitrogen and oxygen atoms in total. The minimum Gasteiger partial charge on any atom is -0.465 e. The van der Waals surface area contributed by atoms with E-state index < -0.39 is 0 Å². The molecule has 3 fully saturated rings. The Morgan fingerprint density at radius 3 is 2.30 bits per heavy atom. The Kier molecular flexibility index (Phi) is 4.24. The van der Waals surface area contributed by atoms with Crippen LogP contribution in [0.15, 0.2) is 0 Å². The molecule has 5 heteroatoms. The van der Waals surface area contributed by atoms with Gasteiger partial charge in [0.2, 0.25) is 0 Å². The van der Waals surface area contributed by atoms with Gasteiger partial charge in [-0.2, -0.15) is 0 Å². The third-order valence-corrected chi connectivity index (χ3v) is 4.53. The Bertz CT molecular complexity index is 380. The number of epoxide rings is 1. The molecule has 0 amide bonds. The van der Waals surface area contributed by atoms with Gasteiger partial charge in [-0.05, 0) is 32.1 Å². The van der Waals surface area contributed by atoms with Crippen LogP contribution >= 0.6 is 0 Å². The molecule has 0 aromatic rings. The maximum absolute atomic E-state index is 11.9. The molecule has 0 spiro atoms. The Labute approximate surface area is 118 Å². The number of cyclic esters (lactones) is 1. The van der Waals surface area contributed by atoms with Gasteiger partial charge >= 0.3 is 11.9 Å². The molecule has 4 atom stereocenters. The molecule has 1 saturated carbocycles. The standard InChI is InChI=1S/C15H22O5/c16-14-7-5-12-13(19-12)6-8-15(17)20-11-4-2-1-3-10(11)9-18-14/h10-13H,1-9H2/t10-,11+,12-,13-/m0/s1. The lowest BCUT2D eigenvalue weighted by atomic mass is 9.87. The Morgan fingerprint density at radius 2 is 1.50 bits per heavy atom. The van der Waals surface area contributed by atoms with Gasteiger partial charge in [0.25, 0.3) is 0 Å².